The Balaban J connectivity index is 1.74. The fourth-order valence-electron chi connectivity index (χ4n) is 2.55. The number of pyridine rings is 1. The zero-order valence-corrected chi connectivity index (χ0v) is 12.4. The van der Waals surface area contributed by atoms with Gasteiger partial charge in [0, 0.05) is 6.54 Å². The van der Waals surface area contributed by atoms with Gasteiger partial charge >= 0.3 is 12.1 Å². The largest absolute Gasteiger partial charge is 0.477 e. The number of hydrogen-bond acceptors (Lipinski definition) is 4. The average molecular weight is 312 g/mol. The second-order valence-electron chi connectivity index (χ2n) is 5.26. The van der Waals surface area contributed by atoms with Gasteiger partial charge in [-0.1, -0.05) is 30.3 Å². The quantitative estimate of drug-likeness (QED) is 0.942. The van der Waals surface area contributed by atoms with E-state index < -0.39 is 12.1 Å². The van der Waals surface area contributed by atoms with Crippen molar-refractivity contribution in [3.05, 3.63) is 59.4 Å². The van der Waals surface area contributed by atoms with Crippen LogP contribution in [0.5, 0.6) is 0 Å². The fourth-order valence-corrected chi connectivity index (χ4v) is 2.55. The van der Waals surface area contributed by atoms with E-state index in [1.807, 2.05) is 30.3 Å². The number of aromatic nitrogens is 1. The first-order chi connectivity index (χ1) is 11.1. The molecule has 118 valence electrons. The van der Waals surface area contributed by atoms with E-state index in [0.717, 1.165) is 12.0 Å². The van der Waals surface area contributed by atoms with E-state index in [2.05, 4.69) is 4.98 Å². The van der Waals surface area contributed by atoms with E-state index >= 15 is 0 Å². The number of rotatable bonds is 3. The van der Waals surface area contributed by atoms with Crippen LogP contribution in [0.4, 0.5) is 10.5 Å². The van der Waals surface area contributed by atoms with Crippen LogP contribution in [0.25, 0.3) is 0 Å². The van der Waals surface area contributed by atoms with E-state index in [9.17, 15) is 9.59 Å². The summed E-state index contributed by atoms with van der Waals surface area (Å²) in [4.78, 5) is 28.9. The Kier molecular flexibility index (Phi) is 4.23. The third kappa shape index (κ3) is 3.31. The van der Waals surface area contributed by atoms with Gasteiger partial charge in [-0.3, -0.25) is 4.90 Å². The highest BCUT2D eigenvalue weighted by atomic mass is 16.6. The summed E-state index contributed by atoms with van der Waals surface area (Å²) < 4.78 is 5.34. The predicted molar refractivity (Wildman–Crippen MR) is 83.5 cm³/mol. The lowest BCUT2D eigenvalue weighted by Crippen LogP contribution is -2.36. The lowest BCUT2D eigenvalue weighted by molar-refractivity contribution is 0.0690. The summed E-state index contributed by atoms with van der Waals surface area (Å²) in [6.45, 7) is 0.737. The molecule has 1 amide bonds. The van der Waals surface area contributed by atoms with E-state index in [0.29, 0.717) is 24.3 Å². The molecule has 0 radical (unpaired) electrons. The minimum Gasteiger partial charge on any atom is -0.477 e. The number of carboxylic acid groups (broad SMARTS) is 1. The molecule has 0 saturated heterocycles. The smallest absolute Gasteiger partial charge is 0.414 e. The second kappa shape index (κ2) is 6.48. The molecule has 0 bridgehead atoms. The van der Waals surface area contributed by atoms with Gasteiger partial charge in [0.25, 0.3) is 0 Å². The summed E-state index contributed by atoms with van der Waals surface area (Å²) in [5, 5.41) is 9.00. The molecule has 0 saturated carbocycles. The molecule has 0 aliphatic carbocycles. The van der Waals surface area contributed by atoms with Gasteiger partial charge in [-0.05, 0) is 30.5 Å². The highest BCUT2D eigenvalue weighted by Gasteiger charge is 2.25. The van der Waals surface area contributed by atoms with Gasteiger partial charge in [0.05, 0.1) is 11.4 Å². The molecule has 23 heavy (non-hydrogen) atoms. The van der Waals surface area contributed by atoms with Crippen LogP contribution in [-0.2, 0) is 17.8 Å². The summed E-state index contributed by atoms with van der Waals surface area (Å²) in [5.74, 6) is -1.07. The Morgan fingerprint density at radius 1 is 1.17 bits per heavy atom. The lowest BCUT2D eigenvalue weighted by Gasteiger charge is -2.28. The molecule has 2 heterocycles. The zero-order chi connectivity index (χ0) is 16.2. The van der Waals surface area contributed by atoms with Gasteiger partial charge < -0.3 is 9.84 Å². The van der Waals surface area contributed by atoms with Crippen LogP contribution in [0.1, 0.15) is 28.2 Å². The molecule has 3 rings (SSSR count). The zero-order valence-electron chi connectivity index (χ0n) is 12.4. The molecule has 0 spiro atoms. The molecule has 0 unspecified atom stereocenters. The van der Waals surface area contributed by atoms with Crippen molar-refractivity contribution in [2.75, 3.05) is 11.4 Å². The number of hydrogen-bond donors (Lipinski definition) is 1. The monoisotopic (exact) mass is 312 g/mol. The van der Waals surface area contributed by atoms with Crippen molar-refractivity contribution in [1.82, 2.24) is 4.98 Å². The Bertz CT molecular complexity index is 731. The number of amides is 1. The molecular formula is C17H16N2O4. The summed E-state index contributed by atoms with van der Waals surface area (Å²) in [7, 11) is 0. The van der Waals surface area contributed by atoms with Gasteiger partial charge in [0.2, 0.25) is 0 Å². The SMILES string of the molecule is O=C(O)c1ccc2c(n1)CCCN2C(=O)OCc1ccccc1. The van der Waals surface area contributed by atoms with E-state index in [4.69, 9.17) is 9.84 Å². The van der Waals surface area contributed by atoms with Crippen molar-refractivity contribution in [1.29, 1.82) is 0 Å². The van der Waals surface area contributed by atoms with E-state index in [1.165, 1.54) is 11.0 Å². The minimum atomic E-state index is -1.07. The van der Waals surface area contributed by atoms with Crippen LogP contribution >= 0.6 is 0 Å². The van der Waals surface area contributed by atoms with Crippen molar-refractivity contribution < 1.29 is 19.4 Å². The topological polar surface area (TPSA) is 79.7 Å². The van der Waals surface area contributed by atoms with Gasteiger partial charge in [-0.2, -0.15) is 0 Å². The number of aryl methyl sites for hydroxylation is 1. The van der Waals surface area contributed by atoms with Crippen molar-refractivity contribution in [2.24, 2.45) is 0 Å². The van der Waals surface area contributed by atoms with Crippen LogP contribution in [0.3, 0.4) is 0 Å². The number of carboxylic acids is 1. The molecule has 1 N–H and O–H groups in total. The minimum absolute atomic E-state index is 0.0109. The predicted octanol–water partition coefficient (Wildman–Crippen LogP) is 2.87. The van der Waals surface area contributed by atoms with Gasteiger partial charge in [-0.15, -0.1) is 0 Å². The molecule has 0 fully saturated rings. The van der Waals surface area contributed by atoms with Crippen LogP contribution < -0.4 is 4.90 Å². The molecule has 6 heteroatoms. The number of carbonyl (C=O) groups excluding carboxylic acids is 1. The number of nitrogens with zero attached hydrogens (tertiary/aromatic N) is 2. The van der Waals surface area contributed by atoms with Crippen molar-refractivity contribution in [2.45, 2.75) is 19.4 Å². The van der Waals surface area contributed by atoms with Crippen LogP contribution in [0.15, 0.2) is 42.5 Å². The van der Waals surface area contributed by atoms with Crippen molar-refractivity contribution in [3.63, 3.8) is 0 Å². The first kappa shape index (κ1) is 15.0. The Morgan fingerprint density at radius 2 is 1.96 bits per heavy atom. The number of benzene rings is 1. The Hall–Kier alpha value is -2.89. The van der Waals surface area contributed by atoms with Crippen molar-refractivity contribution >= 4 is 17.7 Å². The maximum absolute atomic E-state index is 12.3. The molecule has 1 aromatic carbocycles. The van der Waals surface area contributed by atoms with Crippen LogP contribution in [0.2, 0.25) is 0 Å². The average Bonchev–Trinajstić information content (AvgIpc) is 2.59. The Labute approximate surface area is 133 Å². The summed E-state index contributed by atoms with van der Waals surface area (Å²) in [5.41, 5.74) is 2.15. The third-order valence-corrected chi connectivity index (χ3v) is 3.68. The summed E-state index contributed by atoms with van der Waals surface area (Å²) >= 11 is 0. The number of fused-ring (bicyclic) bond motifs is 1. The highest BCUT2D eigenvalue weighted by molar-refractivity contribution is 5.90. The molecule has 1 aliphatic rings. The normalized spacial score (nSPS) is 13.3. The maximum atomic E-state index is 12.3. The van der Waals surface area contributed by atoms with Gasteiger partial charge in [0.1, 0.15) is 12.3 Å². The first-order valence-electron chi connectivity index (χ1n) is 7.36. The highest BCUT2D eigenvalue weighted by Crippen LogP contribution is 2.26. The molecule has 0 atom stereocenters. The summed E-state index contributed by atoms with van der Waals surface area (Å²) in [6, 6.07) is 12.5. The van der Waals surface area contributed by atoms with E-state index in [-0.39, 0.29) is 12.3 Å². The molecule has 1 aromatic heterocycles. The summed E-state index contributed by atoms with van der Waals surface area (Å²) in [6.07, 6.45) is 0.933. The van der Waals surface area contributed by atoms with E-state index in [1.54, 1.807) is 6.07 Å². The third-order valence-electron chi connectivity index (χ3n) is 3.68. The van der Waals surface area contributed by atoms with Crippen LogP contribution in [-0.4, -0.2) is 28.7 Å². The van der Waals surface area contributed by atoms with Gasteiger partial charge in [0.15, 0.2) is 0 Å². The maximum Gasteiger partial charge on any atom is 0.414 e. The van der Waals surface area contributed by atoms with Gasteiger partial charge in [-0.25, -0.2) is 14.6 Å². The molecule has 6 nitrogen and oxygen atoms in total. The van der Waals surface area contributed by atoms with Crippen LogP contribution in [0, 0.1) is 0 Å². The molecular weight excluding hydrogens is 296 g/mol. The fraction of sp³-hybridized carbons (Fsp3) is 0.235. The number of carbonyl (C=O) groups is 2. The number of anilines is 1. The second-order valence-corrected chi connectivity index (χ2v) is 5.26. The molecule has 2 aromatic rings. The first-order valence-corrected chi connectivity index (χ1v) is 7.36. The van der Waals surface area contributed by atoms with Crippen molar-refractivity contribution in [3.8, 4) is 0 Å². The Morgan fingerprint density at radius 3 is 2.70 bits per heavy atom. The lowest BCUT2D eigenvalue weighted by atomic mass is 10.1. The molecule has 1 aliphatic heterocycles. The standard InChI is InChI=1S/C17H16N2O4/c20-16(21)14-8-9-15-13(18-14)7-4-10-19(15)17(22)23-11-12-5-2-1-3-6-12/h1-3,5-6,8-9H,4,7,10-11H2,(H,20,21). The number of aromatic carboxylic acids is 1. The number of ether oxygens (including phenoxy) is 1.